The second kappa shape index (κ2) is 6.77. The Kier molecular flexibility index (Phi) is 4.56. The number of hydrogen-bond acceptors (Lipinski definition) is 4. The maximum absolute atomic E-state index is 13.6. The van der Waals surface area contributed by atoms with Gasteiger partial charge in [0.15, 0.2) is 0 Å². The number of ether oxygens (including phenoxy) is 1. The lowest BCUT2D eigenvalue weighted by Gasteiger charge is -2.42. The molecule has 2 aliphatic heterocycles. The number of alkyl halides is 1. The van der Waals surface area contributed by atoms with E-state index in [4.69, 9.17) is 16.3 Å². The van der Waals surface area contributed by atoms with E-state index in [1.54, 1.807) is 6.07 Å². The van der Waals surface area contributed by atoms with E-state index in [1.807, 2.05) is 29.0 Å². The number of rotatable bonds is 3. The van der Waals surface area contributed by atoms with Crippen LogP contribution >= 0.6 is 11.6 Å². The van der Waals surface area contributed by atoms with Crippen LogP contribution in [-0.4, -0.2) is 58.0 Å². The Morgan fingerprint density at radius 2 is 2.30 bits per heavy atom. The average molecular weight is 390 g/mol. The molecule has 27 heavy (non-hydrogen) atoms. The first-order valence-corrected chi connectivity index (χ1v) is 9.35. The summed E-state index contributed by atoms with van der Waals surface area (Å²) in [6, 6.07) is 2.86. The van der Waals surface area contributed by atoms with Crippen LogP contribution in [0.25, 0.3) is 5.70 Å². The minimum Gasteiger partial charge on any atom is -0.371 e. The standard InChI is InChI=1S/C20H21ClFN3O2/c1-3-19(26)25-12-20(5-6-20)27-11-16(25)14-8-15(24(2)17(21)9-14)13-4-7-23-18(22)10-13/h3-4,7-10,16-17H,1,5-6,11-12H2,2H3/t16?,17-/m1/s1. The summed E-state index contributed by atoms with van der Waals surface area (Å²) in [4.78, 5) is 19.8. The van der Waals surface area contributed by atoms with Crippen molar-refractivity contribution in [3.8, 4) is 0 Å². The number of carbonyl (C=O) groups excluding carboxylic acids is 1. The fraction of sp³-hybridized carbons (Fsp3) is 0.400. The first-order chi connectivity index (χ1) is 12.9. The molecule has 2 atom stereocenters. The molecule has 1 saturated heterocycles. The van der Waals surface area contributed by atoms with Crippen molar-refractivity contribution in [2.24, 2.45) is 0 Å². The highest BCUT2D eigenvalue weighted by Crippen LogP contribution is 2.44. The van der Waals surface area contributed by atoms with Gasteiger partial charge in [0.2, 0.25) is 11.9 Å². The molecule has 5 nitrogen and oxygen atoms in total. The first kappa shape index (κ1) is 18.2. The first-order valence-electron chi connectivity index (χ1n) is 8.92. The van der Waals surface area contributed by atoms with Gasteiger partial charge in [-0.1, -0.05) is 18.2 Å². The molecule has 7 heteroatoms. The van der Waals surface area contributed by atoms with Crippen LogP contribution in [0.2, 0.25) is 0 Å². The molecule has 0 radical (unpaired) electrons. The summed E-state index contributed by atoms with van der Waals surface area (Å²) in [5.74, 6) is -0.672. The molecule has 1 amide bonds. The number of morpholine rings is 1. The number of aromatic nitrogens is 1. The summed E-state index contributed by atoms with van der Waals surface area (Å²) >= 11 is 6.53. The quantitative estimate of drug-likeness (QED) is 0.345. The Labute approximate surface area is 162 Å². The van der Waals surface area contributed by atoms with Crippen LogP contribution in [-0.2, 0) is 9.53 Å². The van der Waals surface area contributed by atoms with Crippen molar-refractivity contribution in [2.45, 2.75) is 30.0 Å². The van der Waals surface area contributed by atoms with Crippen LogP contribution in [0.5, 0.6) is 0 Å². The minimum atomic E-state index is -0.552. The molecule has 1 aliphatic carbocycles. The van der Waals surface area contributed by atoms with E-state index in [9.17, 15) is 9.18 Å². The average Bonchev–Trinajstić information content (AvgIpc) is 3.42. The van der Waals surface area contributed by atoms with Gasteiger partial charge < -0.3 is 14.5 Å². The Morgan fingerprint density at radius 1 is 1.52 bits per heavy atom. The van der Waals surface area contributed by atoms with Crippen molar-refractivity contribution >= 4 is 23.2 Å². The molecule has 3 heterocycles. The van der Waals surface area contributed by atoms with Gasteiger partial charge >= 0.3 is 0 Å². The van der Waals surface area contributed by atoms with Crippen LogP contribution in [0.1, 0.15) is 18.4 Å². The highest BCUT2D eigenvalue weighted by atomic mass is 35.5. The lowest BCUT2D eigenvalue weighted by molar-refractivity contribution is -0.140. The molecule has 3 aliphatic rings. The zero-order chi connectivity index (χ0) is 19.2. The maximum Gasteiger partial charge on any atom is 0.246 e. The smallest absolute Gasteiger partial charge is 0.246 e. The van der Waals surface area contributed by atoms with E-state index in [-0.39, 0.29) is 17.6 Å². The maximum atomic E-state index is 13.6. The van der Waals surface area contributed by atoms with Gasteiger partial charge in [0.05, 0.1) is 24.8 Å². The summed E-state index contributed by atoms with van der Waals surface area (Å²) in [6.45, 7) is 4.59. The zero-order valence-corrected chi connectivity index (χ0v) is 15.8. The van der Waals surface area contributed by atoms with Gasteiger partial charge in [-0.2, -0.15) is 4.39 Å². The van der Waals surface area contributed by atoms with Crippen LogP contribution in [0, 0.1) is 5.95 Å². The number of hydrogen-bond donors (Lipinski definition) is 0. The molecule has 1 aromatic heterocycles. The van der Waals surface area contributed by atoms with Gasteiger partial charge in [-0.15, -0.1) is 0 Å². The van der Waals surface area contributed by atoms with Crippen molar-refractivity contribution < 1.29 is 13.9 Å². The van der Waals surface area contributed by atoms with Gasteiger partial charge in [0.1, 0.15) is 5.50 Å². The highest BCUT2D eigenvalue weighted by Gasteiger charge is 2.51. The van der Waals surface area contributed by atoms with Crippen molar-refractivity contribution in [3.63, 3.8) is 0 Å². The van der Waals surface area contributed by atoms with Gasteiger partial charge in [0.25, 0.3) is 0 Å². The van der Waals surface area contributed by atoms with Gasteiger partial charge in [0, 0.05) is 30.6 Å². The second-order valence-electron chi connectivity index (χ2n) is 7.23. The topological polar surface area (TPSA) is 45.7 Å². The summed E-state index contributed by atoms with van der Waals surface area (Å²) in [7, 11) is 1.85. The summed E-state index contributed by atoms with van der Waals surface area (Å²) < 4.78 is 19.7. The monoisotopic (exact) mass is 389 g/mol. The van der Waals surface area contributed by atoms with Crippen molar-refractivity contribution in [2.75, 3.05) is 20.2 Å². The normalized spacial score (nSPS) is 26.5. The van der Waals surface area contributed by atoms with Crippen LogP contribution in [0.3, 0.4) is 0 Å². The molecule has 4 rings (SSSR count). The number of nitrogens with zero attached hydrogens (tertiary/aromatic N) is 3. The van der Waals surface area contributed by atoms with Crippen LogP contribution < -0.4 is 0 Å². The molecule has 0 N–H and O–H groups in total. The van der Waals surface area contributed by atoms with Crippen molar-refractivity contribution in [3.05, 3.63) is 60.2 Å². The third kappa shape index (κ3) is 3.39. The van der Waals surface area contributed by atoms with E-state index in [0.29, 0.717) is 18.7 Å². The Bertz CT molecular complexity index is 849. The predicted molar refractivity (Wildman–Crippen MR) is 101 cm³/mol. The summed E-state index contributed by atoms with van der Waals surface area (Å²) in [5, 5.41) is 0. The highest BCUT2D eigenvalue weighted by molar-refractivity contribution is 6.22. The van der Waals surface area contributed by atoms with Crippen molar-refractivity contribution in [1.29, 1.82) is 0 Å². The Morgan fingerprint density at radius 3 is 2.96 bits per heavy atom. The summed E-state index contributed by atoms with van der Waals surface area (Å²) in [5.41, 5.74) is 1.71. The molecule has 0 aromatic carbocycles. The zero-order valence-electron chi connectivity index (χ0n) is 15.1. The van der Waals surface area contributed by atoms with E-state index < -0.39 is 11.4 Å². The lowest BCUT2D eigenvalue weighted by Crippen LogP contribution is -2.54. The molecule has 1 spiro atoms. The second-order valence-corrected chi connectivity index (χ2v) is 7.67. The molecule has 142 valence electrons. The molecule has 1 saturated carbocycles. The Hall–Kier alpha value is -2.18. The number of pyridine rings is 1. The number of amides is 1. The molecule has 2 fully saturated rings. The lowest BCUT2D eigenvalue weighted by atomic mass is 9.96. The van der Waals surface area contributed by atoms with E-state index in [2.05, 4.69) is 11.6 Å². The van der Waals surface area contributed by atoms with E-state index >= 15 is 0 Å². The fourth-order valence-electron chi connectivity index (χ4n) is 3.65. The predicted octanol–water partition coefficient (Wildman–Crippen LogP) is 2.94. The largest absolute Gasteiger partial charge is 0.371 e. The van der Waals surface area contributed by atoms with Gasteiger partial charge in [-0.05, 0) is 42.7 Å². The van der Waals surface area contributed by atoms with Crippen molar-refractivity contribution in [1.82, 2.24) is 14.8 Å². The molecule has 0 bridgehead atoms. The molecular weight excluding hydrogens is 369 g/mol. The number of halogens is 2. The van der Waals surface area contributed by atoms with Gasteiger partial charge in [-0.25, -0.2) is 4.98 Å². The molecule has 1 aromatic rings. The minimum absolute atomic E-state index is 0.120. The summed E-state index contributed by atoms with van der Waals surface area (Å²) in [6.07, 6.45) is 8.55. The fourth-order valence-corrected chi connectivity index (χ4v) is 3.90. The SMILES string of the molecule is C=CC(=O)N1CC2(CC2)OCC1C1=C[C@H](Cl)N(C)C(c2ccnc(F)c2)=C1. The van der Waals surface area contributed by atoms with E-state index in [1.165, 1.54) is 18.3 Å². The van der Waals surface area contributed by atoms with Gasteiger partial charge in [-0.3, -0.25) is 4.79 Å². The number of likely N-dealkylation sites (N-methyl/N-ethyl adjacent to an activating group) is 1. The Balaban J connectivity index is 1.69. The third-order valence-corrected chi connectivity index (χ3v) is 5.86. The third-order valence-electron chi connectivity index (χ3n) is 5.44. The van der Waals surface area contributed by atoms with Crippen LogP contribution in [0.15, 0.2) is 48.7 Å². The number of carbonyl (C=O) groups is 1. The van der Waals surface area contributed by atoms with E-state index in [0.717, 1.165) is 24.1 Å². The molecule has 1 unspecified atom stereocenters. The molecular formula is C20H21ClFN3O2. The van der Waals surface area contributed by atoms with Crippen LogP contribution in [0.4, 0.5) is 4.39 Å².